The molecule has 0 aliphatic rings. The molecular weight excluding hydrogens is 240 g/mol. The van der Waals surface area contributed by atoms with E-state index in [1.807, 2.05) is 20.8 Å². The second kappa shape index (κ2) is 5.31. The SMILES string of the molecule is CC(Nc1cncc(Cl)n1)C(=O)NC(C)(C)C. The van der Waals surface area contributed by atoms with Gasteiger partial charge in [-0.1, -0.05) is 11.6 Å². The van der Waals surface area contributed by atoms with Gasteiger partial charge in [-0.3, -0.25) is 9.78 Å². The second-order valence-corrected chi connectivity index (χ2v) is 5.22. The highest BCUT2D eigenvalue weighted by Crippen LogP contribution is 2.08. The molecule has 0 spiro atoms. The van der Waals surface area contributed by atoms with Crippen LogP contribution in [-0.2, 0) is 4.79 Å². The van der Waals surface area contributed by atoms with Crippen LogP contribution in [0.5, 0.6) is 0 Å². The fourth-order valence-electron chi connectivity index (χ4n) is 1.18. The van der Waals surface area contributed by atoms with Gasteiger partial charge in [0.25, 0.3) is 0 Å². The first-order chi connectivity index (χ1) is 7.78. The van der Waals surface area contributed by atoms with E-state index in [4.69, 9.17) is 11.6 Å². The number of rotatable bonds is 3. The number of nitrogens with one attached hydrogen (secondary N) is 2. The summed E-state index contributed by atoms with van der Waals surface area (Å²) in [6, 6.07) is -0.401. The van der Waals surface area contributed by atoms with Gasteiger partial charge < -0.3 is 10.6 Å². The highest BCUT2D eigenvalue weighted by atomic mass is 35.5. The van der Waals surface area contributed by atoms with Crippen LogP contribution >= 0.6 is 11.6 Å². The van der Waals surface area contributed by atoms with Crippen molar-refractivity contribution in [1.29, 1.82) is 0 Å². The summed E-state index contributed by atoms with van der Waals surface area (Å²) >= 11 is 5.70. The fraction of sp³-hybridized carbons (Fsp3) is 0.545. The molecule has 1 rings (SSSR count). The lowest BCUT2D eigenvalue weighted by molar-refractivity contribution is -0.122. The molecule has 1 heterocycles. The predicted octanol–water partition coefficient (Wildman–Crippen LogP) is 1.85. The largest absolute Gasteiger partial charge is 0.357 e. The molecule has 2 N–H and O–H groups in total. The Balaban J connectivity index is 2.60. The van der Waals surface area contributed by atoms with Crippen molar-refractivity contribution in [2.24, 2.45) is 0 Å². The normalized spacial score (nSPS) is 13.0. The number of nitrogens with zero attached hydrogens (tertiary/aromatic N) is 2. The lowest BCUT2D eigenvalue weighted by Crippen LogP contribution is -2.47. The van der Waals surface area contributed by atoms with Crippen molar-refractivity contribution >= 4 is 23.3 Å². The van der Waals surface area contributed by atoms with Gasteiger partial charge in [-0.15, -0.1) is 0 Å². The summed E-state index contributed by atoms with van der Waals surface area (Å²) in [6.07, 6.45) is 2.96. The number of carbonyl (C=O) groups excluding carboxylic acids is 1. The number of halogens is 1. The van der Waals surface area contributed by atoms with Crippen molar-refractivity contribution in [3.05, 3.63) is 17.5 Å². The van der Waals surface area contributed by atoms with Crippen LogP contribution in [-0.4, -0.2) is 27.5 Å². The Labute approximate surface area is 106 Å². The molecule has 5 nitrogen and oxygen atoms in total. The van der Waals surface area contributed by atoms with Crippen molar-refractivity contribution in [2.75, 3.05) is 5.32 Å². The number of hydrogen-bond donors (Lipinski definition) is 2. The third kappa shape index (κ3) is 4.99. The van der Waals surface area contributed by atoms with E-state index in [-0.39, 0.29) is 11.4 Å². The first-order valence-corrected chi connectivity index (χ1v) is 5.72. The summed E-state index contributed by atoms with van der Waals surface area (Å²) in [5.74, 6) is 0.383. The zero-order valence-electron chi connectivity index (χ0n) is 10.4. The van der Waals surface area contributed by atoms with E-state index >= 15 is 0 Å². The predicted molar refractivity (Wildman–Crippen MR) is 68.0 cm³/mol. The van der Waals surface area contributed by atoms with Crippen LogP contribution in [0.15, 0.2) is 12.4 Å². The summed E-state index contributed by atoms with van der Waals surface area (Å²) in [5.41, 5.74) is -0.257. The minimum Gasteiger partial charge on any atom is -0.357 e. The number of carbonyl (C=O) groups is 1. The average molecular weight is 257 g/mol. The Morgan fingerprint density at radius 3 is 2.59 bits per heavy atom. The maximum absolute atomic E-state index is 11.8. The molecule has 94 valence electrons. The molecule has 0 fully saturated rings. The van der Waals surface area contributed by atoms with Crippen molar-refractivity contribution in [3.63, 3.8) is 0 Å². The van der Waals surface area contributed by atoms with Crippen molar-refractivity contribution in [3.8, 4) is 0 Å². The van der Waals surface area contributed by atoms with Gasteiger partial charge in [-0.25, -0.2) is 4.98 Å². The molecule has 1 amide bonds. The molecule has 17 heavy (non-hydrogen) atoms. The molecule has 1 atom stereocenters. The minimum absolute atomic E-state index is 0.0979. The quantitative estimate of drug-likeness (QED) is 0.866. The molecule has 0 saturated carbocycles. The van der Waals surface area contributed by atoms with Gasteiger partial charge in [0.1, 0.15) is 17.0 Å². The van der Waals surface area contributed by atoms with E-state index in [0.717, 1.165) is 0 Å². The topological polar surface area (TPSA) is 66.9 Å². The maximum atomic E-state index is 11.8. The number of amides is 1. The van der Waals surface area contributed by atoms with Gasteiger partial charge >= 0.3 is 0 Å². The van der Waals surface area contributed by atoms with Crippen molar-refractivity contribution in [1.82, 2.24) is 15.3 Å². The Kier molecular flexibility index (Phi) is 4.28. The van der Waals surface area contributed by atoms with Crippen LogP contribution in [0.4, 0.5) is 5.82 Å². The van der Waals surface area contributed by atoms with Gasteiger partial charge in [-0.2, -0.15) is 0 Å². The van der Waals surface area contributed by atoms with Crippen LogP contribution in [0.25, 0.3) is 0 Å². The third-order valence-electron chi connectivity index (χ3n) is 1.86. The highest BCUT2D eigenvalue weighted by molar-refractivity contribution is 6.29. The lowest BCUT2D eigenvalue weighted by atomic mass is 10.1. The Hall–Kier alpha value is -1.36. The number of anilines is 1. The third-order valence-corrected chi connectivity index (χ3v) is 2.04. The Morgan fingerprint density at radius 1 is 1.41 bits per heavy atom. The maximum Gasteiger partial charge on any atom is 0.242 e. The van der Waals surface area contributed by atoms with Crippen LogP contribution in [0.1, 0.15) is 27.7 Å². The monoisotopic (exact) mass is 256 g/mol. The van der Waals surface area contributed by atoms with Crippen molar-refractivity contribution < 1.29 is 4.79 Å². The summed E-state index contributed by atoms with van der Waals surface area (Å²) in [5, 5.41) is 6.10. The molecule has 0 aromatic carbocycles. The van der Waals surface area contributed by atoms with Gasteiger partial charge in [0.15, 0.2) is 0 Å². The Morgan fingerprint density at radius 2 is 2.06 bits per heavy atom. The summed E-state index contributed by atoms with van der Waals surface area (Å²) in [6.45, 7) is 7.54. The van der Waals surface area contributed by atoms with Crippen LogP contribution < -0.4 is 10.6 Å². The first-order valence-electron chi connectivity index (χ1n) is 5.34. The van der Waals surface area contributed by atoms with E-state index in [1.54, 1.807) is 6.92 Å². The first kappa shape index (κ1) is 13.7. The molecular formula is C11H17ClN4O. The molecule has 0 saturated heterocycles. The van der Waals surface area contributed by atoms with E-state index in [1.165, 1.54) is 12.4 Å². The molecule has 6 heteroatoms. The number of hydrogen-bond acceptors (Lipinski definition) is 4. The van der Waals surface area contributed by atoms with Crippen LogP contribution in [0.3, 0.4) is 0 Å². The summed E-state index contributed by atoms with van der Waals surface area (Å²) in [4.78, 5) is 19.7. The summed E-state index contributed by atoms with van der Waals surface area (Å²) in [7, 11) is 0. The standard InChI is InChI=1S/C11H17ClN4O/c1-7(10(17)16-11(2,3)4)14-9-6-13-5-8(12)15-9/h5-7H,1-4H3,(H,14,15)(H,16,17). The van der Waals surface area contributed by atoms with E-state index < -0.39 is 6.04 Å². The van der Waals surface area contributed by atoms with Gasteiger partial charge in [0, 0.05) is 5.54 Å². The molecule has 0 aliphatic carbocycles. The van der Waals surface area contributed by atoms with Gasteiger partial charge in [0.05, 0.1) is 12.4 Å². The van der Waals surface area contributed by atoms with Crippen LogP contribution in [0, 0.1) is 0 Å². The zero-order chi connectivity index (χ0) is 13.1. The average Bonchev–Trinajstić information content (AvgIpc) is 2.14. The lowest BCUT2D eigenvalue weighted by Gasteiger charge is -2.23. The molecule has 1 aromatic heterocycles. The van der Waals surface area contributed by atoms with Gasteiger partial charge in [-0.05, 0) is 27.7 Å². The second-order valence-electron chi connectivity index (χ2n) is 4.83. The van der Waals surface area contributed by atoms with Gasteiger partial charge in [0.2, 0.25) is 5.91 Å². The molecule has 0 aliphatic heterocycles. The molecule has 0 bridgehead atoms. The van der Waals surface area contributed by atoms with Crippen molar-refractivity contribution in [2.45, 2.75) is 39.3 Å². The van der Waals surface area contributed by atoms with Crippen LogP contribution in [0.2, 0.25) is 5.15 Å². The summed E-state index contributed by atoms with van der Waals surface area (Å²) < 4.78 is 0. The smallest absolute Gasteiger partial charge is 0.242 e. The molecule has 1 unspecified atom stereocenters. The highest BCUT2D eigenvalue weighted by Gasteiger charge is 2.19. The minimum atomic E-state index is -0.401. The zero-order valence-corrected chi connectivity index (χ0v) is 11.2. The fourth-order valence-corrected chi connectivity index (χ4v) is 1.32. The van der Waals surface area contributed by atoms with E-state index in [0.29, 0.717) is 11.0 Å². The Bertz CT molecular complexity index is 403. The molecule has 0 radical (unpaired) electrons. The molecule has 1 aromatic rings. The van der Waals surface area contributed by atoms with E-state index in [9.17, 15) is 4.79 Å². The number of aromatic nitrogens is 2. The van der Waals surface area contributed by atoms with E-state index in [2.05, 4.69) is 20.6 Å².